The Kier molecular flexibility index (Phi) is 8.25. The number of hydrogen-bond acceptors (Lipinski definition) is 8. The van der Waals surface area contributed by atoms with E-state index in [1.807, 2.05) is 4.90 Å². The fourth-order valence-corrected chi connectivity index (χ4v) is 4.00. The van der Waals surface area contributed by atoms with Gasteiger partial charge < -0.3 is 35.9 Å². The van der Waals surface area contributed by atoms with Crippen LogP contribution in [-0.2, 0) is 26.2 Å². The van der Waals surface area contributed by atoms with E-state index >= 15 is 0 Å². The maximum atomic E-state index is 15.0. The van der Waals surface area contributed by atoms with Crippen molar-refractivity contribution in [2.45, 2.75) is 25.4 Å². The third kappa shape index (κ3) is 5.79. The number of rotatable bonds is 8. The Hall–Kier alpha value is -4.00. The van der Waals surface area contributed by atoms with Crippen molar-refractivity contribution in [2.24, 2.45) is 12.8 Å². The molecule has 0 bridgehead atoms. The maximum absolute atomic E-state index is 15.0. The number of pyridine rings is 1. The summed E-state index contributed by atoms with van der Waals surface area (Å²) < 4.78 is 21.0. The molecule has 12 nitrogen and oxygen atoms in total. The SMILES string of the molecule is COC(=O)[C@H](C)NC(=O)[C@@H](CC(N)=O)NC(=O)c1cn(C)c2cc(N3CCNCC3)c(F)cc2c1=O. The van der Waals surface area contributed by atoms with Gasteiger partial charge in [-0.3, -0.25) is 19.2 Å². The Morgan fingerprint density at radius 1 is 1.19 bits per heavy atom. The highest BCUT2D eigenvalue weighted by Gasteiger charge is 2.28. The zero-order chi connectivity index (χ0) is 26.6. The van der Waals surface area contributed by atoms with E-state index < -0.39 is 53.4 Å². The summed E-state index contributed by atoms with van der Waals surface area (Å²) in [7, 11) is 2.74. The number of aryl methyl sites for hydroxylation is 1. The number of methoxy groups -OCH3 is 1. The number of carbonyl (C=O) groups is 4. The van der Waals surface area contributed by atoms with Gasteiger partial charge in [-0.05, 0) is 19.1 Å². The van der Waals surface area contributed by atoms with Crippen LogP contribution in [-0.4, -0.2) is 73.6 Å². The van der Waals surface area contributed by atoms with Crippen molar-refractivity contribution in [2.75, 3.05) is 38.2 Å². The van der Waals surface area contributed by atoms with Gasteiger partial charge in [0.15, 0.2) is 0 Å². The van der Waals surface area contributed by atoms with E-state index in [4.69, 9.17) is 5.73 Å². The quantitative estimate of drug-likeness (QED) is 0.324. The molecule has 13 heteroatoms. The van der Waals surface area contributed by atoms with Gasteiger partial charge in [-0.15, -0.1) is 0 Å². The first-order valence-corrected chi connectivity index (χ1v) is 11.3. The minimum Gasteiger partial charge on any atom is -0.467 e. The zero-order valence-electron chi connectivity index (χ0n) is 20.2. The van der Waals surface area contributed by atoms with Crippen molar-refractivity contribution in [3.63, 3.8) is 0 Å². The van der Waals surface area contributed by atoms with Crippen molar-refractivity contribution in [3.8, 4) is 0 Å². The lowest BCUT2D eigenvalue weighted by Gasteiger charge is -2.30. The number of nitrogens with one attached hydrogen (secondary N) is 3. The highest BCUT2D eigenvalue weighted by Crippen LogP contribution is 2.25. The number of amides is 3. The highest BCUT2D eigenvalue weighted by molar-refractivity contribution is 6.01. The zero-order valence-corrected chi connectivity index (χ0v) is 20.2. The standard InChI is InChI=1S/C23H29FN6O6/c1-12(23(35)36-3)27-22(34)16(9-19(25)31)28-21(33)14-11-29(2)17-10-18(30-6-4-26-5-7-30)15(24)8-13(17)20(14)32/h8,10-12,16,26H,4-7,9H2,1-3H3,(H2,25,31)(H,27,34)(H,28,33)/t12-,16+/m0/s1. The Labute approximate surface area is 205 Å². The molecule has 1 aliphatic rings. The topological polar surface area (TPSA) is 165 Å². The summed E-state index contributed by atoms with van der Waals surface area (Å²) in [4.78, 5) is 63.6. The van der Waals surface area contributed by atoms with Gasteiger partial charge in [0.1, 0.15) is 23.5 Å². The van der Waals surface area contributed by atoms with Crippen LogP contribution in [0.5, 0.6) is 0 Å². The minimum absolute atomic E-state index is 0.0169. The van der Waals surface area contributed by atoms with Crippen LogP contribution in [0.4, 0.5) is 10.1 Å². The molecule has 2 heterocycles. The lowest BCUT2D eigenvalue weighted by atomic mass is 10.1. The van der Waals surface area contributed by atoms with Crippen LogP contribution in [0.25, 0.3) is 10.9 Å². The lowest BCUT2D eigenvalue weighted by Crippen LogP contribution is -2.52. The van der Waals surface area contributed by atoms with E-state index in [0.29, 0.717) is 37.4 Å². The smallest absolute Gasteiger partial charge is 0.328 e. The van der Waals surface area contributed by atoms with Crippen LogP contribution < -0.4 is 32.0 Å². The first kappa shape index (κ1) is 26.6. The molecule has 1 fully saturated rings. The number of benzene rings is 1. The van der Waals surface area contributed by atoms with Crippen LogP contribution in [0.15, 0.2) is 23.1 Å². The largest absolute Gasteiger partial charge is 0.467 e. The lowest BCUT2D eigenvalue weighted by molar-refractivity contribution is -0.144. The molecule has 3 rings (SSSR count). The summed E-state index contributed by atoms with van der Waals surface area (Å²) in [5, 5.41) is 7.80. The number of esters is 1. The van der Waals surface area contributed by atoms with Crippen molar-refractivity contribution >= 4 is 40.3 Å². The van der Waals surface area contributed by atoms with Crippen LogP contribution >= 0.6 is 0 Å². The van der Waals surface area contributed by atoms with Crippen molar-refractivity contribution in [1.82, 2.24) is 20.5 Å². The van der Waals surface area contributed by atoms with E-state index in [1.165, 1.54) is 17.7 Å². The average Bonchev–Trinajstić information content (AvgIpc) is 2.85. The Morgan fingerprint density at radius 2 is 1.86 bits per heavy atom. The number of nitrogens with two attached hydrogens (primary N) is 1. The van der Waals surface area contributed by atoms with Crippen molar-refractivity contribution < 1.29 is 28.3 Å². The van der Waals surface area contributed by atoms with Crippen molar-refractivity contribution in [3.05, 3.63) is 39.9 Å². The number of nitrogens with zero attached hydrogens (tertiary/aromatic N) is 2. The molecular weight excluding hydrogens is 475 g/mol. The number of fused-ring (bicyclic) bond motifs is 1. The van der Waals surface area contributed by atoms with Crippen molar-refractivity contribution in [1.29, 1.82) is 0 Å². The highest BCUT2D eigenvalue weighted by atomic mass is 19.1. The summed E-state index contributed by atoms with van der Waals surface area (Å²) in [5.41, 5.74) is 4.88. The molecule has 0 saturated carbocycles. The fourth-order valence-electron chi connectivity index (χ4n) is 4.00. The number of primary amides is 1. The average molecular weight is 505 g/mol. The third-order valence-corrected chi connectivity index (χ3v) is 5.90. The predicted molar refractivity (Wildman–Crippen MR) is 129 cm³/mol. The van der Waals surface area contributed by atoms with Crippen LogP contribution in [0.1, 0.15) is 23.7 Å². The molecule has 2 atom stereocenters. The number of halogens is 1. The van der Waals surface area contributed by atoms with E-state index in [2.05, 4.69) is 20.7 Å². The molecule has 0 aliphatic carbocycles. The summed E-state index contributed by atoms with van der Waals surface area (Å²) in [6.45, 7) is 3.97. The molecular formula is C23H29FN6O6. The minimum atomic E-state index is -1.46. The Balaban J connectivity index is 1.92. The van der Waals surface area contributed by atoms with E-state index in [-0.39, 0.29) is 10.9 Å². The van der Waals surface area contributed by atoms with Crippen LogP contribution in [0.2, 0.25) is 0 Å². The monoisotopic (exact) mass is 504 g/mol. The van der Waals surface area contributed by atoms with Crippen LogP contribution in [0.3, 0.4) is 0 Å². The molecule has 0 unspecified atom stereocenters. The number of piperazine rings is 1. The van der Waals surface area contributed by atoms with Gasteiger partial charge in [0.05, 0.1) is 24.7 Å². The molecule has 1 saturated heterocycles. The van der Waals surface area contributed by atoms with Gasteiger partial charge in [-0.1, -0.05) is 0 Å². The second-order valence-electron chi connectivity index (χ2n) is 8.49. The Bertz CT molecular complexity index is 1260. The van der Waals surface area contributed by atoms with Crippen LogP contribution in [0, 0.1) is 5.82 Å². The maximum Gasteiger partial charge on any atom is 0.328 e. The molecule has 1 aromatic carbocycles. The molecule has 0 radical (unpaired) electrons. The number of anilines is 1. The molecule has 0 spiro atoms. The first-order chi connectivity index (χ1) is 17.0. The second kappa shape index (κ2) is 11.2. The van der Waals surface area contributed by atoms with E-state index in [1.54, 1.807) is 13.1 Å². The van der Waals surface area contributed by atoms with Gasteiger partial charge in [-0.25, -0.2) is 9.18 Å². The summed E-state index contributed by atoms with van der Waals surface area (Å²) in [5.74, 6) is -4.06. The fraction of sp³-hybridized carbons (Fsp3) is 0.435. The number of ether oxygens (including phenoxy) is 1. The molecule has 3 amide bonds. The summed E-state index contributed by atoms with van der Waals surface area (Å²) in [6.07, 6.45) is 0.692. The third-order valence-electron chi connectivity index (χ3n) is 5.90. The van der Waals surface area contributed by atoms with E-state index in [9.17, 15) is 28.4 Å². The summed E-state index contributed by atoms with van der Waals surface area (Å²) in [6, 6.07) is 0.138. The molecule has 2 aromatic rings. The summed E-state index contributed by atoms with van der Waals surface area (Å²) >= 11 is 0. The van der Waals surface area contributed by atoms with Gasteiger partial charge in [-0.2, -0.15) is 0 Å². The van der Waals surface area contributed by atoms with E-state index in [0.717, 1.165) is 13.2 Å². The molecule has 194 valence electrons. The molecule has 36 heavy (non-hydrogen) atoms. The number of aromatic nitrogens is 1. The van der Waals surface area contributed by atoms with Gasteiger partial charge in [0.2, 0.25) is 17.2 Å². The first-order valence-electron chi connectivity index (χ1n) is 11.3. The normalized spacial score (nSPS) is 15.2. The molecule has 5 N–H and O–H groups in total. The molecule has 1 aliphatic heterocycles. The number of hydrogen-bond donors (Lipinski definition) is 4. The predicted octanol–water partition coefficient (Wildman–Crippen LogP) is -1.26. The second-order valence-corrected chi connectivity index (χ2v) is 8.49. The molecule has 1 aromatic heterocycles. The number of carbonyl (C=O) groups excluding carboxylic acids is 4. The van der Waals surface area contributed by atoms with Gasteiger partial charge >= 0.3 is 5.97 Å². The Morgan fingerprint density at radius 3 is 2.47 bits per heavy atom. The van der Waals surface area contributed by atoms with Gasteiger partial charge in [0, 0.05) is 44.8 Å². The van der Waals surface area contributed by atoms with Gasteiger partial charge in [0.25, 0.3) is 5.91 Å².